The molecule has 1 saturated heterocycles. The minimum Gasteiger partial charge on any atom is -0.465 e. The highest BCUT2D eigenvalue weighted by molar-refractivity contribution is 6.33. The van der Waals surface area contributed by atoms with Crippen LogP contribution >= 0.6 is 11.6 Å². The van der Waals surface area contributed by atoms with Gasteiger partial charge in [0.1, 0.15) is 0 Å². The summed E-state index contributed by atoms with van der Waals surface area (Å²) in [6, 6.07) is 12.7. The van der Waals surface area contributed by atoms with Crippen molar-refractivity contribution >= 4 is 29.2 Å². The molecule has 2 heterocycles. The number of ether oxygens (including phenoxy) is 1. The molecule has 1 fully saturated rings. The number of methoxy groups -OCH3 is 1. The highest BCUT2D eigenvalue weighted by Gasteiger charge is 2.27. The number of rotatable bonds is 6. The van der Waals surface area contributed by atoms with Crippen LogP contribution in [0.4, 0.5) is 5.69 Å². The van der Waals surface area contributed by atoms with E-state index in [4.69, 9.17) is 20.9 Å². The van der Waals surface area contributed by atoms with Crippen LogP contribution in [-0.2, 0) is 16.1 Å². The molecule has 1 aliphatic rings. The molecule has 172 valence electrons. The first-order valence-electron chi connectivity index (χ1n) is 10.7. The van der Waals surface area contributed by atoms with Gasteiger partial charge in [-0.2, -0.15) is 4.98 Å². The Balaban J connectivity index is 1.38. The molecule has 0 radical (unpaired) electrons. The van der Waals surface area contributed by atoms with Gasteiger partial charge in [-0.05, 0) is 50.6 Å². The van der Waals surface area contributed by atoms with Gasteiger partial charge in [-0.3, -0.25) is 9.69 Å². The number of amides is 1. The maximum absolute atomic E-state index is 12.9. The first kappa shape index (κ1) is 22.9. The van der Waals surface area contributed by atoms with Crippen LogP contribution in [0.3, 0.4) is 0 Å². The van der Waals surface area contributed by atoms with Crippen molar-refractivity contribution in [2.45, 2.75) is 26.3 Å². The van der Waals surface area contributed by atoms with Gasteiger partial charge in [0.15, 0.2) is 0 Å². The zero-order valence-electron chi connectivity index (χ0n) is 18.5. The van der Waals surface area contributed by atoms with E-state index in [0.717, 1.165) is 30.5 Å². The summed E-state index contributed by atoms with van der Waals surface area (Å²) in [7, 11) is 1.29. The molecule has 0 bridgehead atoms. The van der Waals surface area contributed by atoms with Crippen LogP contribution in [0.1, 0.15) is 34.7 Å². The topological polar surface area (TPSA) is 97.6 Å². The van der Waals surface area contributed by atoms with Gasteiger partial charge in [-0.15, -0.1) is 0 Å². The molecule has 4 rings (SSSR count). The van der Waals surface area contributed by atoms with Gasteiger partial charge in [0.25, 0.3) is 0 Å². The number of aromatic nitrogens is 2. The SMILES string of the molecule is COC(=O)c1cc(NC(=O)C2CCCN(Cc3nc(-c4cccc(C)c4)no3)C2)ccc1Cl. The molecule has 2 aromatic carbocycles. The van der Waals surface area contributed by atoms with Crippen LogP contribution in [0.2, 0.25) is 5.02 Å². The standard InChI is InChI=1S/C24H25ClN4O4/c1-15-5-3-6-16(11-15)22-27-21(33-28-22)14-29-10-4-7-17(13-29)23(30)26-18-8-9-20(25)19(12-18)24(31)32-2/h3,5-6,8-9,11-12,17H,4,7,10,13-14H2,1-2H3,(H,26,30). The Kier molecular flexibility index (Phi) is 7.05. The third-order valence-corrected chi connectivity index (χ3v) is 5.95. The molecule has 1 aliphatic heterocycles. The lowest BCUT2D eigenvalue weighted by atomic mass is 9.97. The van der Waals surface area contributed by atoms with Gasteiger partial charge >= 0.3 is 5.97 Å². The summed E-state index contributed by atoms with van der Waals surface area (Å²) in [6.45, 7) is 3.92. The Hall–Kier alpha value is -3.23. The van der Waals surface area contributed by atoms with Crippen molar-refractivity contribution in [2.75, 3.05) is 25.5 Å². The predicted molar refractivity (Wildman–Crippen MR) is 124 cm³/mol. The molecule has 1 atom stereocenters. The van der Waals surface area contributed by atoms with Crippen LogP contribution in [-0.4, -0.2) is 47.1 Å². The summed E-state index contributed by atoms with van der Waals surface area (Å²) < 4.78 is 10.2. The number of esters is 1. The average molecular weight is 469 g/mol. The van der Waals surface area contributed by atoms with Crippen molar-refractivity contribution in [3.63, 3.8) is 0 Å². The van der Waals surface area contributed by atoms with Gasteiger partial charge in [0.05, 0.1) is 30.2 Å². The lowest BCUT2D eigenvalue weighted by Crippen LogP contribution is -2.40. The monoisotopic (exact) mass is 468 g/mol. The summed E-state index contributed by atoms with van der Waals surface area (Å²) in [5.74, 6) is 0.223. The van der Waals surface area contributed by atoms with Crippen LogP contribution < -0.4 is 5.32 Å². The Morgan fingerprint density at radius 2 is 2.12 bits per heavy atom. The first-order valence-corrected chi connectivity index (χ1v) is 11.1. The van der Waals surface area contributed by atoms with Crippen molar-refractivity contribution in [2.24, 2.45) is 5.92 Å². The third-order valence-electron chi connectivity index (χ3n) is 5.62. The van der Waals surface area contributed by atoms with Gasteiger partial charge in [-0.25, -0.2) is 4.79 Å². The smallest absolute Gasteiger partial charge is 0.339 e. The number of hydrogen-bond donors (Lipinski definition) is 1. The first-order chi connectivity index (χ1) is 15.9. The molecule has 0 saturated carbocycles. The number of nitrogens with zero attached hydrogens (tertiary/aromatic N) is 3. The number of anilines is 1. The van der Waals surface area contributed by atoms with Crippen molar-refractivity contribution in [3.8, 4) is 11.4 Å². The minimum absolute atomic E-state index is 0.108. The van der Waals surface area contributed by atoms with Crippen molar-refractivity contribution in [1.82, 2.24) is 15.0 Å². The number of aryl methyl sites for hydroxylation is 1. The largest absolute Gasteiger partial charge is 0.465 e. The van der Waals surface area contributed by atoms with E-state index in [1.54, 1.807) is 12.1 Å². The lowest BCUT2D eigenvalue weighted by Gasteiger charge is -2.30. The van der Waals surface area contributed by atoms with Gasteiger partial charge in [0.2, 0.25) is 17.6 Å². The van der Waals surface area contributed by atoms with Crippen LogP contribution in [0.5, 0.6) is 0 Å². The summed E-state index contributed by atoms with van der Waals surface area (Å²) >= 11 is 6.06. The number of carbonyl (C=O) groups is 2. The molecule has 3 aromatic rings. The molecule has 1 amide bonds. The minimum atomic E-state index is -0.551. The molecule has 1 N–H and O–H groups in total. The van der Waals surface area contributed by atoms with Gasteiger partial charge in [0, 0.05) is 17.8 Å². The lowest BCUT2D eigenvalue weighted by molar-refractivity contribution is -0.121. The second kappa shape index (κ2) is 10.1. The Morgan fingerprint density at radius 1 is 1.27 bits per heavy atom. The van der Waals surface area contributed by atoms with E-state index in [1.165, 1.54) is 13.2 Å². The number of likely N-dealkylation sites (tertiary alicyclic amines) is 1. The van der Waals surface area contributed by atoms with Gasteiger partial charge < -0.3 is 14.6 Å². The fourth-order valence-electron chi connectivity index (χ4n) is 3.94. The maximum Gasteiger partial charge on any atom is 0.339 e. The second-order valence-corrected chi connectivity index (χ2v) is 8.54. The van der Waals surface area contributed by atoms with E-state index in [9.17, 15) is 9.59 Å². The molecule has 8 nitrogen and oxygen atoms in total. The van der Waals surface area contributed by atoms with Crippen LogP contribution in [0, 0.1) is 12.8 Å². The summed E-state index contributed by atoms with van der Waals surface area (Å²) in [6.07, 6.45) is 1.66. The van der Waals surface area contributed by atoms with Crippen molar-refractivity contribution < 1.29 is 18.8 Å². The molecule has 0 aliphatic carbocycles. The third kappa shape index (κ3) is 5.58. The van der Waals surface area contributed by atoms with Crippen LogP contribution in [0.25, 0.3) is 11.4 Å². The Bertz CT molecular complexity index is 1160. The quantitative estimate of drug-likeness (QED) is 0.537. The molecule has 33 heavy (non-hydrogen) atoms. The van der Waals surface area contributed by atoms with E-state index >= 15 is 0 Å². The zero-order valence-corrected chi connectivity index (χ0v) is 19.3. The highest BCUT2D eigenvalue weighted by Crippen LogP contribution is 2.24. The predicted octanol–water partition coefficient (Wildman–Crippen LogP) is 4.34. The highest BCUT2D eigenvalue weighted by atomic mass is 35.5. The van der Waals surface area contributed by atoms with E-state index in [1.807, 2.05) is 31.2 Å². The molecule has 1 unspecified atom stereocenters. The normalized spacial score (nSPS) is 16.4. The Labute approximate surface area is 196 Å². The zero-order chi connectivity index (χ0) is 23.4. The molecule has 1 aromatic heterocycles. The summed E-state index contributed by atoms with van der Waals surface area (Å²) in [4.78, 5) is 31.4. The van der Waals surface area contributed by atoms with E-state index < -0.39 is 5.97 Å². The fraction of sp³-hybridized carbons (Fsp3) is 0.333. The van der Waals surface area contributed by atoms with Crippen molar-refractivity contribution in [3.05, 3.63) is 64.5 Å². The van der Waals surface area contributed by atoms with Crippen molar-refractivity contribution in [1.29, 1.82) is 0 Å². The van der Waals surface area contributed by atoms with E-state index in [0.29, 0.717) is 30.5 Å². The second-order valence-electron chi connectivity index (χ2n) is 8.13. The molecular formula is C24H25ClN4O4. The fourth-order valence-corrected chi connectivity index (χ4v) is 4.13. The molecule has 9 heteroatoms. The maximum atomic E-state index is 12.9. The number of nitrogens with one attached hydrogen (secondary N) is 1. The van der Waals surface area contributed by atoms with E-state index in [2.05, 4.69) is 20.4 Å². The van der Waals surface area contributed by atoms with E-state index in [-0.39, 0.29) is 22.4 Å². The number of piperidine rings is 1. The van der Waals surface area contributed by atoms with Gasteiger partial charge in [-0.1, -0.05) is 40.5 Å². The molecule has 0 spiro atoms. The summed E-state index contributed by atoms with van der Waals surface area (Å²) in [5.41, 5.74) is 2.75. The number of halogens is 1. The number of carbonyl (C=O) groups excluding carboxylic acids is 2. The summed E-state index contributed by atoms with van der Waals surface area (Å²) in [5, 5.41) is 7.26. The average Bonchev–Trinajstić information content (AvgIpc) is 3.28. The molecular weight excluding hydrogens is 444 g/mol. The van der Waals surface area contributed by atoms with Crippen LogP contribution in [0.15, 0.2) is 47.0 Å². The number of hydrogen-bond acceptors (Lipinski definition) is 7. The number of benzene rings is 2. The Morgan fingerprint density at radius 3 is 2.91 bits per heavy atom.